The number of aliphatic imine (C=N–C) groups is 1. The van der Waals surface area contributed by atoms with E-state index in [1.54, 1.807) is 7.05 Å². The molecule has 3 nitrogen and oxygen atoms in total. The van der Waals surface area contributed by atoms with Crippen LogP contribution in [0.25, 0.3) is 17.0 Å². The van der Waals surface area contributed by atoms with E-state index in [-0.39, 0.29) is 0 Å². The molecule has 0 saturated carbocycles. The summed E-state index contributed by atoms with van der Waals surface area (Å²) >= 11 is 0. The third kappa shape index (κ3) is 1.55. The number of fused-ring (bicyclic) bond motifs is 3. The van der Waals surface area contributed by atoms with E-state index in [1.165, 1.54) is 10.9 Å². The standard InChI is InChI=1S/C14H14N2O/c1-16-14(15)9-6-7-11-10-4-2-3-5-12(10)17-13(11)8-9/h2-5,8H,6-7H2,1H3,(H2,15,16). The summed E-state index contributed by atoms with van der Waals surface area (Å²) in [5.74, 6) is 1.54. The lowest BCUT2D eigenvalue weighted by atomic mass is 9.95. The SMILES string of the molecule is C/N=C(\N)C1=Cc2oc3ccccc3c2CC1. The van der Waals surface area contributed by atoms with Gasteiger partial charge in [-0.2, -0.15) is 0 Å². The van der Waals surface area contributed by atoms with Gasteiger partial charge in [0.2, 0.25) is 0 Å². The third-order valence-electron chi connectivity index (χ3n) is 3.25. The fourth-order valence-corrected chi connectivity index (χ4v) is 2.33. The van der Waals surface area contributed by atoms with E-state index in [4.69, 9.17) is 10.2 Å². The molecule has 86 valence electrons. The molecule has 1 aromatic heterocycles. The van der Waals surface area contributed by atoms with Crippen LogP contribution in [0.15, 0.2) is 39.2 Å². The van der Waals surface area contributed by atoms with Crippen LogP contribution in [0, 0.1) is 0 Å². The molecule has 0 unspecified atom stereocenters. The average molecular weight is 226 g/mol. The number of rotatable bonds is 1. The Morgan fingerprint density at radius 3 is 2.94 bits per heavy atom. The summed E-state index contributed by atoms with van der Waals surface area (Å²) in [6, 6.07) is 8.13. The molecule has 1 heterocycles. The topological polar surface area (TPSA) is 51.5 Å². The minimum Gasteiger partial charge on any atom is -0.456 e. The number of nitrogens with two attached hydrogens (primary N) is 1. The van der Waals surface area contributed by atoms with Crippen molar-refractivity contribution in [2.75, 3.05) is 7.05 Å². The van der Waals surface area contributed by atoms with Crippen molar-refractivity contribution in [2.24, 2.45) is 10.7 Å². The lowest BCUT2D eigenvalue weighted by Crippen LogP contribution is -2.16. The first-order valence-corrected chi connectivity index (χ1v) is 5.73. The van der Waals surface area contributed by atoms with Crippen LogP contribution in [0.5, 0.6) is 0 Å². The molecular weight excluding hydrogens is 212 g/mol. The Morgan fingerprint density at radius 1 is 1.29 bits per heavy atom. The summed E-state index contributed by atoms with van der Waals surface area (Å²) in [7, 11) is 1.71. The summed E-state index contributed by atoms with van der Waals surface area (Å²) in [6.07, 6.45) is 3.91. The maximum absolute atomic E-state index is 5.84. The van der Waals surface area contributed by atoms with Crippen LogP contribution < -0.4 is 5.73 Å². The number of benzene rings is 1. The first-order valence-electron chi connectivity index (χ1n) is 5.73. The first-order chi connectivity index (χ1) is 8.29. The van der Waals surface area contributed by atoms with Crippen LogP contribution >= 0.6 is 0 Å². The van der Waals surface area contributed by atoms with Gasteiger partial charge < -0.3 is 10.2 Å². The highest BCUT2D eigenvalue weighted by Gasteiger charge is 2.18. The van der Waals surface area contributed by atoms with Crippen molar-refractivity contribution in [3.8, 4) is 0 Å². The van der Waals surface area contributed by atoms with E-state index in [2.05, 4.69) is 11.1 Å². The van der Waals surface area contributed by atoms with Crippen molar-refractivity contribution in [1.82, 2.24) is 0 Å². The van der Waals surface area contributed by atoms with Crippen molar-refractivity contribution < 1.29 is 4.42 Å². The van der Waals surface area contributed by atoms with Gasteiger partial charge in [-0.15, -0.1) is 0 Å². The normalized spacial score (nSPS) is 15.8. The lowest BCUT2D eigenvalue weighted by Gasteiger charge is -2.11. The Kier molecular flexibility index (Phi) is 2.25. The van der Waals surface area contributed by atoms with Crippen LogP contribution in [-0.2, 0) is 6.42 Å². The summed E-state index contributed by atoms with van der Waals surface area (Å²) in [5, 5.41) is 1.21. The third-order valence-corrected chi connectivity index (χ3v) is 3.25. The second-order valence-electron chi connectivity index (χ2n) is 4.22. The maximum atomic E-state index is 5.84. The molecule has 17 heavy (non-hydrogen) atoms. The average Bonchev–Trinajstić information content (AvgIpc) is 2.75. The second kappa shape index (κ2) is 3.77. The van der Waals surface area contributed by atoms with Gasteiger partial charge in [0, 0.05) is 18.0 Å². The van der Waals surface area contributed by atoms with Crippen molar-refractivity contribution in [1.29, 1.82) is 0 Å². The maximum Gasteiger partial charge on any atom is 0.135 e. The van der Waals surface area contributed by atoms with Crippen LogP contribution in [0.2, 0.25) is 0 Å². The summed E-state index contributed by atoms with van der Waals surface area (Å²) in [6.45, 7) is 0. The van der Waals surface area contributed by atoms with E-state index in [0.29, 0.717) is 5.84 Å². The zero-order valence-corrected chi connectivity index (χ0v) is 9.73. The first kappa shape index (κ1) is 10.1. The Morgan fingerprint density at radius 2 is 2.12 bits per heavy atom. The van der Waals surface area contributed by atoms with Gasteiger partial charge in [-0.3, -0.25) is 4.99 Å². The summed E-state index contributed by atoms with van der Waals surface area (Å²) in [4.78, 5) is 4.02. The minimum atomic E-state index is 0.608. The van der Waals surface area contributed by atoms with Gasteiger partial charge in [-0.1, -0.05) is 18.2 Å². The predicted octanol–water partition coefficient (Wildman–Crippen LogP) is 2.75. The molecule has 2 aromatic rings. The van der Waals surface area contributed by atoms with Gasteiger partial charge >= 0.3 is 0 Å². The van der Waals surface area contributed by atoms with Crippen LogP contribution in [-0.4, -0.2) is 12.9 Å². The second-order valence-corrected chi connectivity index (χ2v) is 4.22. The fraction of sp³-hybridized carbons (Fsp3) is 0.214. The molecule has 2 N–H and O–H groups in total. The van der Waals surface area contributed by atoms with Gasteiger partial charge in [0.1, 0.15) is 17.2 Å². The fourth-order valence-electron chi connectivity index (χ4n) is 2.33. The molecule has 0 bridgehead atoms. The molecule has 0 fully saturated rings. The highest BCUT2D eigenvalue weighted by molar-refractivity contribution is 6.02. The number of hydrogen-bond acceptors (Lipinski definition) is 2. The van der Waals surface area contributed by atoms with E-state index in [0.717, 1.165) is 29.8 Å². The Balaban J connectivity index is 2.18. The molecule has 1 aliphatic rings. The number of furan rings is 1. The van der Waals surface area contributed by atoms with Gasteiger partial charge in [-0.25, -0.2) is 0 Å². The van der Waals surface area contributed by atoms with Crippen LogP contribution in [0.1, 0.15) is 17.7 Å². The minimum absolute atomic E-state index is 0.608. The molecular formula is C14H14N2O. The van der Waals surface area contributed by atoms with Crippen molar-refractivity contribution in [2.45, 2.75) is 12.8 Å². The van der Waals surface area contributed by atoms with Crippen molar-refractivity contribution in [3.05, 3.63) is 41.2 Å². The molecule has 0 saturated heterocycles. The smallest absolute Gasteiger partial charge is 0.135 e. The van der Waals surface area contributed by atoms with E-state index in [1.807, 2.05) is 24.3 Å². The number of amidine groups is 1. The Hall–Kier alpha value is -2.03. The number of hydrogen-bond donors (Lipinski definition) is 1. The zero-order valence-electron chi connectivity index (χ0n) is 9.73. The van der Waals surface area contributed by atoms with Gasteiger partial charge in [0.05, 0.1) is 0 Å². The van der Waals surface area contributed by atoms with Crippen LogP contribution in [0.4, 0.5) is 0 Å². The molecule has 0 radical (unpaired) electrons. The van der Waals surface area contributed by atoms with Crippen LogP contribution in [0.3, 0.4) is 0 Å². The van der Waals surface area contributed by atoms with Gasteiger partial charge in [0.15, 0.2) is 0 Å². The van der Waals surface area contributed by atoms with E-state index in [9.17, 15) is 0 Å². The number of para-hydroxylation sites is 1. The molecule has 1 aliphatic carbocycles. The Labute approximate surface area is 99.6 Å². The van der Waals surface area contributed by atoms with Crippen molar-refractivity contribution in [3.63, 3.8) is 0 Å². The quantitative estimate of drug-likeness (QED) is 0.600. The molecule has 0 amide bonds. The largest absolute Gasteiger partial charge is 0.456 e. The predicted molar refractivity (Wildman–Crippen MR) is 70.1 cm³/mol. The zero-order chi connectivity index (χ0) is 11.8. The highest BCUT2D eigenvalue weighted by Crippen LogP contribution is 2.32. The molecule has 3 rings (SSSR count). The molecule has 1 aromatic carbocycles. The Bertz CT molecular complexity index is 635. The highest BCUT2D eigenvalue weighted by atomic mass is 16.3. The summed E-state index contributed by atoms with van der Waals surface area (Å²) < 4.78 is 5.83. The van der Waals surface area contributed by atoms with E-state index >= 15 is 0 Å². The van der Waals surface area contributed by atoms with Gasteiger partial charge in [0.25, 0.3) is 0 Å². The lowest BCUT2D eigenvalue weighted by molar-refractivity contribution is 0.594. The summed E-state index contributed by atoms with van der Waals surface area (Å²) in [5.41, 5.74) is 9.14. The number of aryl methyl sites for hydroxylation is 1. The molecule has 3 heteroatoms. The monoisotopic (exact) mass is 226 g/mol. The number of nitrogens with zero attached hydrogens (tertiary/aromatic N) is 1. The molecule has 0 aliphatic heterocycles. The van der Waals surface area contributed by atoms with E-state index < -0.39 is 0 Å². The van der Waals surface area contributed by atoms with Gasteiger partial charge in [-0.05, 0) is 30.6 Å². The molecule has 0 spiro atoms. The van der Waals surface area contributed by atoms with Crippen molar-refractivity contribution >= 4 is 22.9 Å². The molecule has 0 atom stereocenters.